The predicted molar refractivity (Wildman–Crippen MR) is 143 cm³/mol. The number of nitrogens with two attached hydrogens (primary N) is 2. The Morgan fingerprint density at radius 3 is 2.66 bits per heavy atom. The number of pyridine rings is 1. The predicted octanol–water partition coefficient (Wildman–Crippen LogP) is 3.68. The molecule has 194 valence electrons. The van der Waals surface area contributed by atoms with E-state index in [9.17, 15) is 4.79 Å². The second-order valence-corrected chi connectivity index (χ2v) is 8.37. The van der Waals surface area contributed by atoms with Crippen LogP contribution >= 0.6 is 24.8 Å². The molecule has 9 nitrogen and oxygen atoms in total. The number of unbranched alkanes of at least 4 members (excludes halogenated alkanes) is 1. The Morgan fingerprint density at radius 1 is 1.11 bits per heavy atom. The molecule has 1 fully saturated rings. The van der Waals surface area contributed by atoms with Gasteiger partial charge in [-0.1, -0.05) is 0 Å². The highest BCUT2D eigenvalue weighted by Gasteiger charge is 2.20. The van der Waals surface area contributed by atoms with E-state index in [0.29, 0.717) is 44.1 Å². The summed E-state index contributed by atoms with van der Waals surface area (Å²) in [5.41, 5.74) is 14.5. The molecule has 0 aliphatic carbocycles. The summed E-state index contributed by atoms with van der Waals surface area (Å²) in [5, 5.41) is 0.984. The number of hydrogen-bond donors (Lipinski definition) is 2. The van der Waals surface area contributed by atoms with Crippen molar-refractivity contribution in [1.29, 1.82) is 0 Å². The second-order valence-electron chi connectivity index (χ2n) is 8.37. The molecule has 11 heteroatoms. The van der Waals surface area contributed by atoms with E-state index in [1.807, 2.05) is 30.0 Å². The van der Waals surface area contributed by atoms with Crippen molar-refractivity contribution in [2.24, 2.45) is 5.73 Å². The van der Waals surface area contributed by atoms with Crippen LogP contribution in [0.3, 0.4) is 0 Å². The summed E-state index contributed by atoms with van der Waals surface area (Å²) < 4.78 is 13.8. The third kappa shape index (κ3) is 6.67. The lowest BCUT2D eigenvalue weighted by molar-refractivity contribution is -0.127. The number of benzene rings is 1. The molecule has 3 aromatic rings. The number of fused-ring (bicyclic) bond motifs is 3. The topological polar surface area (TPSA) is 122 Å². The van der Waals surface area contributed by atoms with E-state index in [4.69, 9.17) is 25.9 Å². The first-order valence-corrected chi connectivity index (χ1v) is 11.9. The molecule has 1 amide bonds. The zero-order valence-electron chi connectivity index (χ0n) is 20.2. The van der Waals surface area contributed by atoms with Gasteiger partial charge in [0.1, 0.15) is 23.7 Å². The maximum absolute atomic E-state index is 11.7. The molecule has 3 heterocycles. The summed E-state index contributed by atoms with van der Waals surface area (Å²) in [6, 6.07) is 5.90. The third-order valence-corrected chi connectivity index (χ3v) is 6.04. The Bertz CT molecular complexity index is 1120. The van der Waals surface area contributed by atoms with Crippen LogP contribution in [0.15, 0.2) is 18.2 Å². The number of amides is 1. The fraction of sp³-hybridized carbons (Fsp3) is 0.542. The van der Waals surface area contributed by atoms with Gasteiger partial charge in [-0.05, 0) is 51.3 Å². The lowest BCUT2D eigenvalue weighted by Crippen LogP contribution is -2.26. The van der Waals surface area contributed by atoms with Gasteiger partial charge >= 0.3 is 0 Å². The van der Waals surface area contributed by atoms with Gasteiger partial charge in [0, 0.05) is 44.1 Å². The van der Waals surface area contributed by atoms with Gasteiger partial charge in [0.05, 0.1) is 17.6 Å². The van der Waals surface area contributed by atoms with E-state index in [2.05, 4.69) is 9.55 Å². The van der Waals surface area contributed by atoms with Gasteiger partial charge in [0.2, 0.25) is 5.91 Å². The lowest BCUT2D eigenvalue weighted by atomic mass is 10.1. The molecule has 35 heavy (non-hydrogen) atoms. The van der Waals surface area contributed by atoms with Crippen molar-refractivity contribution in [3.05, 3.63) is 24.0 Å². The Balaban J connectivity index is 0.00000216. The number of carbonyl (C=O) groups is 1. The summed E-state index contributed by atoms with van der Waals surface area (Å²) >= 11 is 0. The van der Waals surface area contributed by atoms with Crippen molar-refractivity contribution in [1.82, 2.24) is 19.4 Å². The van der Waals surface area contributed by atoms with E-state index in [-0.39, 0.29) is 30.7 Å². The van der Waals surface area contributed by atoms with Crippen molar-refractivity contribution >= 4 is 58.5 Å². The van der Waals surface area contributed by atoms with Crippen LogP contribution in [0.1, 0.15) is 44.9 Å². The van der Waals surface area contributed by atoms with E-state index in [1.54, 1.807) is 0 Å². The van der Waals surface area contributed by atoms with Crippen LogP contribution in [-0.2, 0) is 22.7 Å². The molecule has 0 spiro atoms. The van der Waals surface area contributed by atoms with Crippen LogP contribution in [0.2, 0.25) is 0 Å². The van der Waals surface area contributed by atoms with Gasteiger partial charge in [-0.25, -0.2) is 9.97 Å². The molecule has 1 aromatic carbocycles. The minimum atomic E-state index is 0. The fourth-order valence-electron chi connectivity index (χ4n) is 4.37. The minimum Gasteiger partial charge on any atom is -0.493 e. The molecule has 0 atom stereocenters. The van der Waals surface area contributed by atoms with Crippen molar-refractivity contribution in [2.75, 3.05) is 38.6 Å². The van der Waals surface area contributed by atoms with Crippen molar-refractivity contribution in [3.8, 4) is 5.75 Å². The number of imidazole rings is 1. The Kier molecular flexibility index (Phi) is 11.3. The number of nitrogen functional groups attached to an aromatic ring is 1. The average molecular weight is 527 g/mol. The monoisotopic (exact) mass is 526 g/mol. The highest BCUT2D eigenvalue weighted by Crippen LogP contribution is 2.31. The van der Waals surface area contributed by atoms with E-state index in [0.717, 1.165) is 73.3 Å². The number of likely N-dealkylation sites (tertiary alicyclic amines) is 1. The van der Waals surface area contributed by atoms with Crippen LogP contribution < -0.4 is 16.2 Å². The van der Waals surface area contributed by atoms with Crippen LogP contribution in [0.4, 0.5) is 5.82 Å². The van der Waals surface area contributed by atoms with Gasteiger partial charge < -0.3 is 30.4 Å². The van der Waals surface area contributed by atoms with Crippen LogP contribution in [0.25, 0.3) is 21.9 Å². The zero-order valence-corrected chi connectivity index (χ0v) is 21.8. The summed E-state index contributed by atoms with van der Waals surface area (Å²) in [4.78, 5) is 23.0. The number of halogens is 2. The molecule has 0 saturated carbocycles. The maximum Gasteiger partial charge on any atom is 0.222 e. The Labute approximate surface area is 218 Å². The Morgan fingerprint density at radius 2 is 1.94 bits per heavy atom. The molecular weight excluding hydrogens is 491 g/mol. The van der Waals surface area contributed by atoms with Crippen molar-refractivity contribution in [2.45, 2.75) is 52.2 Å². The average Bonchev–Trinajstić information content (AvgIpc) is 3.39. The molecule has 1 aliphatic rings. The largest absolute Gasteiger partial charge is 0.493 e. The number of anilines is 1. The van der Waals surface area contributed by atoms with Crippen LogP contribution in [0, 0.1) is 0 Å². The van der Waals surface area contributed by atoms with Gasteiger partial charge in [-0.3, -0.25) is 4.79 Å². The SMILES string of the molecule is CCOCc1nc2c(N)nc3cc(OCCCN4CCCC4=O)ccc3c2n1CCCCN.Cl.Cl. The quantitative estimate of drug-likeness (QED) is 0.345. The number of ether oxygens (including phenoxy) is 2. The molecule has 0 bridgehead atoms. The number of hydrogen-bond acceptors (Lipinski definition) is 7. The van der Waals surface area contributed by atoms with E-state index in [1.165, 1.54) is 0 Å². The highest BCUT2D eigenvalue weighted by molar-refractivity contribution is 6.06. The first-order valence-electron chi connectivity index (χ1n) is 11.9. The van der Waals surface area contributed by atoms with E-state index >= 15 is 0 Å². The standard InChI is InChI=1S/C24H34N6O3.2ClH/c1-2-32-16-20-28-22-23(30(20)13-4-3-10-25)18-9-8-17(15-19(18)27-24(22)26)33-14-6-12-29-11-5-7-21(29)31;;/h8-9,15H,2-7,10-14,16,25H2,1H3,(H2,26,27);2*1H. The summed E-state index contributed by atoms with van der Waals surface area (Å²) in [6.45, 7) is 6.61. The molecular formula is C24H36Cl2N6O3. The number of aryl methyl sites for hydroxylation is 1. The summed E-state index contributed by atoms with van der Waals surface area (Å²) in [7, 11) is 0. The molecule has 0 radical (unpaired) electrons. The maximum atomic E-state index is 11.7. The molecule has 1 saturated heterocycles. The first-order chi connectivity index (χ1) is 16.1. The number of nitrogens with zero attached hydrogens (tertiary/aromatic N) is 4. The van der Waals surface area contributed by atoms with E-state index < -0.39 is 0 Å². The second kappa shape index (κ2) is 13.7. The molecule has 4 N–H and O–H groups in total. The molecule has 4 rings (SSSR count). The van der Waals surface area contributed by atoms with Crippen LogP contribution in [-0.4, -0.2) is 58.2 Å². The van der Waals surface area contributed by atoms with Gasteiger partial charge in [-0.15, -0.1) is 24.8 Å². The summed E-state index contributed by atoms with van der Waals surface area (Å²) in [5.74, 6) is 2.24. The number of rotatable bonds is 12. The number of carbonyl (C=O) groups excluding carboxylic acids is 1. The first kappa shape index (κ1) is 28.9. The smallest absolute Gasteiger partial charge is 0.222 e. The third-order valence-electron chi connectivity index (χ3n) is 6.04. The molecule has 0 unspecified atom stereocenters. The van der Waals surface area contributed by atoms with Crippen molar-refractivity contribution < 1.29 is 14.3 Å². The number of aromatic nitrogens is 3. The van der Waals surface area contributed by atoms with Crippen LogP contribution in [0.5, 0.6) is 5.75 Å². The minimum absolute atomic E-state index is 0. The van der Waals surface area contributed by atoms with Gasteiger partial charge in [0.15, 0.2) is 5.82 Å². The Hall–Kier alpha value is -2.33. The highest BCUT2D eigenvalue weighted by atomic mass is 35.5. The normalized spacial score (nSPS) is 13.3. The fourth-order valence-corrected chi connectivity index (χ4v) is 4.37. The zero-order chi connectivity index (χ0) is 23.2. The summed E-state index contributed by atoms with van der Waals surface area (Å²) in [6.07, 6.45) is 4.31. The van der Waals surface area contributed by atoms with Gasteiger partial charge in [-0.2, -0.15) is 0 Å². The molecule has 2 aromatic heterocycles. The lowest BCUT2D eigenvalue weighted by Gasteiger charge is -2.15. The molecule has 1 aliphatic heterocycles. The van der Waals surface area contributed by atoms with Gasteiger partial charge in [0.25, 0.3) is 0 Å². The van der Waals surface area contributed by atoms with Crippen molar-refractivity contribution in [3.63, 3.8) is 0 Å².